The molecule has 4 aromatic rings. The van der Waals surface area contributed by atoms with Crippen molar-refractivity contribution in [1.82, 2.24) is 15.0 Å². The third kappa shape index (κ3) is 5.76. The smallest absolute Gasteiger partial charge is 0.260 e. The lowest BCUT2D eigenvalue weighted by Crippen LogP contribution is -2.35. The van der Waals surface area contributed by atoms with Crippen LogP contribution in [0.2, 0.25) is 5.02 Å². The number of allylic oxidation sites excluding steroid dienone is 1. The normalized spacial score (nSPS) is 18.1. The van der Waals surface area contributed by atoms with Crippen LogP contribution in [0.4, 0.5) is 11.4 Å². The molecule has 1 aromatic heterocycles. The summed E-state index contributed by atoms with van der Waals surface area (Å²) in [4.78, 5) is 11.2. The third-order valence-corrected chi connectivity index (χ3v) is 8.08. The first-order chi connectivity index (χ1) is 20.7. The fourth-order valence-electron chi connectivity index (χ4n) is 5.61. The van der Waals surface area contributed by atoms with Crippen LogP contribution in [0.3, 0.4) is 0 Å². The molecule has 0 saturated carbocycles. The van der Waals surface area contributed by atoms with E-state index in [0.29, 0.717) is 28.9 Å². The van der Waals surface area contributed by atoms with Crippen molar-refractivity contribution in [3.05, 3.63) is 118 Å². The SMILES string of the molecule is CN1CC2=C(OC(N)=C(c3nc(-c4ccc(Cl)cc4)no3)C2c2ccc(N(C)C)cc2)/C(=C/c2ccc(N(C)C)cc2)C1. The first-order valence-corrected chi connectivity index (χ1v) is 14.5. The maximum Gasteiger partial charge on any atom is 0.260 e. The molecular formula is C34H35ClN6O2. The predicted octanol–water partition coefficient (Wildman–Crippen LogP) is 6.25. The summed E-state index contributed by atoms with van der Waals surface area (Å²) in [6.45, 7) is 1.42. The second-order valence-corrected chi connectivity index (χ2v) is 11.8. The number of hydrogen-bond donors (Lipinski definition) is 1. The molecule has 0 spiro atoms. The van der Waals surface area contributed by atoms with Crippen molar-refractivity contribution in [2.45, 2.75) is 5.92 Å². The van der Waals surface area contributed by atoms with Gasteiger partial charge < -0.3 is 24.8 Å². The van der Waals surface area contributed by atoms with Gasteiger partial charge in [-0.15, -0.1) is 0 Å². The van der Waals surface area contributed by atoms with Gasteiger partial charge in [-0.1, -0.05) is 41.0 Å². The van der Waals surface area contributed by atoms with E-state index >= 15 is 0 Å². The Morgan fingerprint density at radius 2 is 1.51 bits per heavy atom. The Morgan fingerprint density at radius 3 is 2.14 bits per heavy atom. The van der Waals surface area contributed by atoms with Crippen LogP contribution >= 0.6 is 11.6 Å². The number of nitrogens with two attached hydrogens (primary N) is 1. The Hall–Kier alpha value is -4.53. The van der Waals surface area contributed by atoms with E-state index in [0.717, 1.165) is 51.5 Å². The highest BCUT2D eigenvalue weighted by atomic mass is 35.5. The molecule has 2 N–H and O–H groups in total. The minimum atomic E-state index is -0.249. The minimum absolute atomic E-state index is 0.249. The zero-order chi connectivity index (χ0) is 30.2. The predicted molar refractivity (Wildman–Crippen MR) is 174 cm³/mol. The number of benzene rings is 3. The molecule has 3 aromatic carbocycles. The molecule has 1 unspecified atom stereocenters. The van der Waals surface area contributed by atoms with Crippen LogP contribution in [0, 0.1) is 0 Å². The number of ether oxygens (including phenoxy) is 1. The number of nitrogens with zero attached hydrogens (tertiary/aromatic N) is 5. The van der Waals surface area contributed by atoms with Crippen LogP contribution in [0.15, 0.2) is 100 Å². The zero-order valence-electron chi connectivity index (χ0n) is 25.0. The second kappa shape index (κ2) is 11.6. The molecule has 0 amide bonds. The van der Waals surface area contributed by atoms with Gasteiger partial charge in [0, 0.05) is 74.7 Å². The highest BCUT2D eigenvalue weighted by Gasteiger charge is 2.39. The molecule has 0 fully saturated rings. The molecule has 6 rings (SSSR count). The summed E-state index contributed by atoms with van der Waals surface area (Å²) < 4.78 is 12.3. The van der Waals surface area contributed by atoms with Crippen molar-refractivity contribution in [3.63, 3.8) is 0 Å². The largest absolute Gasteiger partial charge is 0.441 e. The number of aromatic nitrogens is 2. The lowest BCUT2D eigenvalue weighted by atomic mass is 9.79. The Morgan fingerprint density at radius 1 is 0.884 bits per heavy atom. The number of halogens is 1. The van der Waals surface area contributed by atoms with Gasteiger partial charge in [0.1, 0.15) is 5.76 Å². The van der Waals surface area contributed by atoms with Crippen molar-refractivity contribution in [2.24, 2.45) is 5.73 Å². The van der Waals surface area contributed by atoms with Crippen molar-refractivity contribution in [2.75, 3.05) is 58.1 Å². The molecule has 0 radical (unpaired) electrons. The summed E-state index contributed by atoms with van der Waals surface area (Å²) in [6.07, 6.45) is 2.18. The zero-order valence-corrected chi connectivity index (χ0v) is 25.8. The summed E-state index contributed by atoms with van der Waals surface area (Å²) in [6, 6.07) is 24.3. The molecule has 0 bridgehead atoms. The van der Waals surface area contributed by atoms with E-state index in [4.69, 9.17) is 31.6 Å². The van der Waals surface area contributed by atoms with E-state index in [1.165, 1.54) is 0 Å². The van der Waals surface area contributed by atoms with Crippen molar-refractivity contribution >= 4 is 34.6 Å². The van der Waals surface area contributed by atoms with Gasteiger partial charge in [0.25, 0.3) is 5.89 Å². The summed E-state index contributed by atoms with van der Waals surface area (Å²) in [5.74, 6) is 1.59. The van der Waals surface area contributed by atoms with Gasteiger partial charge in [-0.3, -0.25) is 4.90 Å². The van der Waals surface area contributed by atoms with Gasteiger partial charge in [0.05, 0.1) is 5.57 Å². The summed E-state index contributed by atoms with van der Waals surface area (Å²) in [5, 5.41) is 4.92. The standard InChI is InChI=1S/C34H35ClN6O2/c1-39(2)26-14-6-21(7-15-26)18-24-19-41(5)20-28-29(22-10-16-27(17-11-22)40(3)4)30(32(36)42-31(24)28)34-37-33(38-43-34)23-8-12-25(35)13-9-23/h6-18,29H,19-20,36H2,1-5H3/b24-18+. The molecule has 2 aliphatic heterocycles. The molecular weight excluding hydrogens is 560 g/mol. The maximum atomic E-state index is 6.76. The van der Waals surface area contributed by atoms with Gasteiger partial charge in [0.15, 0.2) is 0 Å². The fraction of sp³-hybridized carbons (Fsp3) is 0.235. The Bertz CT molecular complexity index is 1720. The first-order valence-electron chi connectivity index (χ1n) is 14.1. The van der Waals surface area contributed by atoms with Crippen LogP contribution in [-0.2, 0) is 4.74 Å². The van der Waals surface area contributed by atoms with Gasteiger partial charge >= 0.3 is 0 Å². The van der Waals surface area contributed by atoms with E-state index in [-0.39, 0.29) is 11.8 Å². The van der Waals surface area contributed by atoms with Crippen molar-refractivity contribution < 1.29 is 9.26 Å². The summed E-state index contributed by atoms with van der Waals surface area (Å²) >= 11 is 6.10. The molecule has 220 valence electrons. The van der Waals surface area contributed by atoms with Crippen LogP contribution in [0.1, 0.15) is 22.9 Å². The van der Waals surface area contributed by atoms with Crippen molar-refractivity contribution in [3.8, 4) is 11.4 Å². The Kier molecular flexibility index (Phi) is 7.73. The summed E-state index contributed by atoms with van der Waals surface area (Å²) in [7, 11) is 10.3. The van der Waals surface area contributed by atoms with Crippen LogP contribution in [-0.4, -0.2) is 63.4 Å². The first kappa shape index (κ1) is 28.6. The van der Waals surface area contributed by atoms with Gasteiger partial charge in [-0.2, -0.15) is 4.98 Å². The van der Waals surface area contributed by atoms with Crippen LogP contribution in [0.25, 0.3) is 23.0 Å². The number of rotatable bonds is 6. The number of hydrogen-bond acceptors (Lipinski definition) is 8. The Labute approximate surface area is 257 Å². The average Bonchev–Trinajstić information content (AvgIpc) is 3.47. The van der Waals surface area contributed by atoms with Crippen LogP contribution < -0.4 is 15.5 Å². The molecule has 0 saturated heterocycles. The topological polar surface area (TPSA) is 83.9 Å². The molecule has 1 atom stereocenters. The lowest BCUT2D eigenvalue weighted by Gasteiger charge is -2.37. The molecule has 9 heteroatoms. The van der Waals surface area contributed by atoms with E-state index in [9.17, 15) is 0 Å². The van der Waals surface area contributed by atoms with E-state index in [2.05, 4.69) is 81.5 Å². The molecule has 43 heavy (non-hydrogen) atoms. The minimum Gasteiger partial charge on any atom is -0.441 e. The molecule has 2 aliphatic rings. The number of likely N-dealkylation sites (N-methyl/N-ethyl adjacent to an activating group) is 1. The quantitative estimate of drug-likeness (QED) is 0.281. The number of anilines is 2. The highest BCUT2D eigenvalue weighted by molar-refractivity contribution is 6.30. The van der Waals surface area contributed by atoms with E-state index in [1.54, 1.807) is 12.1 Å². The van der Waals surface area contributed by atoms with Gasteiger partial charge in [-0.25, -0.2) is 0 Å². The van der Waals surface area contributed by atoms with E-state index in [1.807, 2.05) is 40.3 Å². The average molecular weight is 595 g/mol. The van der Waals surface area contributed by atoms with Gasteiger partial charge in [-0.05, 0) is 78.4 Å². The lowest BCUT2D eigenvalue weighted by molar-refractivity contribution is 0.256. The van der Waals surface area contributed by atoms with E-state index < -0.39 is 0 Å². The summed E-state index contributed by atoms with van der Waals surface area (Å²) in [5.41, 5.74) is 14.8. The monoisotopic (exact) mass is 594 g/mol. The molecule has 3 heterocycles. The second-order valence-electron chi connectivity index (χ2n) is 11.4. The molecule has 8 nitrogen and oxygen atoms in total. The highest BCUT2D eigenvalue weighted by Crippen LogP contribution is 2.47. The third-order valence-electron chi connectivity index (χ3n) is 7.83. The van der Waals surface area contributed by atoms with Gasteiger partial charge in [0.2, 0.25) is 11.7 Å². The Balaban J connectivity index is 1.46. The molecule has 0 aliphatic carbocycles. The van der Waals surface area contributed by atoms with Crippen LogP contribution in [0.5, 0.6) is 0 Å². The van der Waals surface area contributed by atoms with Crippen molar-refractivity contribution in [1.29, 1.82) is 0 Å². The maximum absolute atomic E-state index is 6.76. The fourth-order valence-corrected chi connectivity index (χ4v) is 5.74.